The Morgan fingerprint density at radius 1 is 1.19 bits per heavy atom. The smallest absolute Gasteiger partial charge is 0.252 e. The summed E-state index contributed by atoms with van der Waals surface area (Å²) in [5, 5.41) is 2.81. The minimum Gasteiger partial charge on any atom is -0.492 e. The fourth-order valence-corrected chi connectivity index (χ4v) is 2.49. The van der Waals surface area contributed by atoms with Crippen LogP contribution in [0.1, 0.15) is 10.4 Å². The van der Waals surface area contributed by atoms with Crippen molar-refractivity contribution in [1.29, 1.82) is 0 Å². The van der Waals surface area contributed by atoms with Gasteiger partial charge in [0.25, 0.3) is 5.91 Å². The lowest BCUT2D eigenvalue weighted by atomic mass is 10.2. The summed E-state index contributed by atoms with van der Waals surface area (Å²) in [5.41, 5.74) is 6.88. The molecule has 0 spiro atoms. The van der Waals surface area contributed by atoms with Crippen LogP contribution in [0.5, 0.6) is 5.75 Å². The van der Waals surface area contributed by atoms with Gasteiger partial charge in [0.2, 0.25) is 0 Å². The summed E-state index contributed by atoms with van der Waals surface area (Å²) in [6, 6.07) is 12.6. The molecule has 0 radical (unpaired) electrons. The van der Waals surface area contributed by atoms with Crippen molar-refractivity contribution in [3.63, 3.8) is 0 Å². The number of nitrogens with two attached hydrogens (primary N) is 1. The highest BCUT2D eigenvalue weighted by Crippen LogP contribution is 2.21. The van der Waals surface area contributed by atoms with E-state index in [0.717, 1.165) is 8.95 Å². The fraction of sp³-hybridized carbons (Fsp3) is 0.133. The predicted octanol–water partition coefficient (Wildman–Crippen LogP) is 3.60. The Bertz CT molecular complexity index is 647. The highest BCUT2D eigenvalue weighted by molar-refractivity contribution is 9.11. The van der Waals surface area contributed by atoms with Crippen LogP contribution >= 0.6 is 31.9 Å². The standard InChI is InChI=1S/C15H14Br2N2O2/c16-10-4-5-14(17)13(8-10)15(20)19-6-7-21-12-3-1-2-11(18)9-12/h1-5,8-9H,6-7,18H2,(H,19,20). The van der Waals surface area contributed by atoms with E-state index in [1.807, 2.05) is 24.3 Å². The second-order valence-corrected chi connectivity index (χ2v) is 6.07. The number of carbonyl (C=O) groups excluding carboxylic acids is 1. The van der Waals surface area contributed by atoms with Gasteiger partial charge in [-0.3, -0.25) is 4.79 Å². The zero-order chi connectivity index (χ0) is 15.2. The third-order valence-corrected chi connectivity index (χ3v) is 3.87. The van der Waals surface area contributed by atoms with E-state index in [0.29, 0.717) is 30.2 Å². The Morgan fingerprint density at radius 3 is 2.76 bits per heavy atom. The molecule has 0 heterocycles. The monoisotopic (exact) mass is 412 g/mol. The van der Waals surface area contributed by atoms with Crippen LogP contribution < -0.4 is 15.8 Å². The molecule has 2 aromatic rings. The first-order valence-corrected chi connectivity index (χ1v) is 7.86. The second-order valence-electron chi connectivity index (χ2n) is 4.30. The molecule has 0 fully saturated rings. The van der Waals surface area contributed by atoms with Gasteiger partial charge in [0.05, 0.1) is 12.1 Å². The molecule has 0 aromatic heterocycles. The maximum atomic E-state index is 12.0. The van der Waals surface area contributed by atoms with Gasteiger partial charge in [0.15, 0.2) is 0 Å². The molecule has 0 unspecified atom stereocenters. The topological polar surface area (TPSA) is 64.3 Å². The number of ether oxygens (including phenoxy) is 1. The van der Waals surface area contributed by atoms with Crippen LogP contribution in [0.4, 0.5) is 5.69 Å². The first-order valence-electron chi connectivity index (χ1n) is 6.28. The molecule has 4 nitrogen and oxygen atoms in total. The zero-order valence-electron chi connectivity index (χ0n) is 11.1. The van der Waals surface area contributed by atoms with Gasteiger partial charge in [-0.25, -0.2) is 0 Å². The van der Waals surface area contributed by atoms with Gasteiger partial charge in [-0.1, -0.05) is 22.0 Å². The third-order valence-electron chi connectivity index (χ3n) is 2.69. The molecule has 2 aromatic carbocycles. The minimum absolute atomic E-state index is 0.153. The Hall–Kier alpha value is -1.53. The van der Waals surface area contributed by atoms with Gasteiger partial charge in [0, 0.05) is 20.7 Å². The molecule has 0 bridgehead atoms. The van der Waals surface area contributed by atoms with Crippen LogP contribution in [0.3, 0.4) is 0 Å². The minimum atomic E-state index is -0.153. The number of halogens is 2. The van der Waals surface area contributed by atoms with Crippen molar-refractivity contribution in [3.8, 4) is 5.75 Å². The van der Waals surface area contributed by atoms with Crippen molar-refractivity contribution < 1.29 is 9.53 Å². The zero-order valence-corrected chi connectivity index (χ0v) is 14.3. The molecule has 0 atom stereocenters. The summed E-state index contributed by atoms with van der Waals surface area (Å²) in [6.07, 6.45) is 0. The summed E-state index contributed by atoms with van der Waals surface area (Å²) >= 11 is 6.70. The van der Waals surface area contributed by atoms with Crippen molar-refractivity contribution in [1.82, 2.24) is 5.32 Å². The number of carbonyl (C=O) groups is 1. The van der Waals surface area contributed by atoms with Crippen molar-refractivity contribution in [2.24, 2.45) is 0 Å². The van der Waals surface area contributed by atoms with E-state index < -0.39 is 0 Å². The van der Waals surface area contributed by atoms with Gasteiger partial charge < -0.3 is 15.8 Å². The molecule has 6 heteroatoms. The van der Waals surface area contributed by atoms with Crippen LogP contribution in [-0.4, -0.2) is 19.1 Å². The van der Waals surface area contributed by atoms with E-state index in [-0.39, 0.29) is 5.91 Å². The first kappa shape index (κ1) is 15.9. The predicted molar refractivity (Wildman–Crippen MR) is 90.5 cm³/mol. The number of nitrogen functional groups attached to an aromatic ring is 1. The Balaban J connectivity index is 1.83. The lowest BCUT2D eigenvalue weighted by Gasteiger charge is -2.09. The number of rotatable bonds is 5. The highest BCUT2D eigenvalue weighted by Gasteiger charge is 2.09. The number of anilines is 1. The number of hydrogen-bond donors (Lipinski definition) is 2. The van der Waals surface area contributed by atoms with Gasteiger partial charge in [-0.05, 0) is 46.3 Å². The van der Waals surface area contributed by atoms with Crippen LogP contribution in [0.25, 0.3) is 0 Å². The molecule has 110 valence electrons. The largest absolute Gasteiger partial charge is 0.492 e. The molecule has 3 N–H and O–H groups in total. The van der Waals surface area contributed by atoms with E-state index in [4.69, 9.17) is 10.5 Å². The van der Waals surface area contributed by atoms with Crippen molar-refractivity contribution in [2.45, 2.75) is 0 Å². The summed E-state index contributed by atoms with van der Waals surface area (Å²) in [5.74, 6) is 0.534. The van der Waals surface area contributed by atoms with Crippen molar-refractivity contribution >= 4 is 43.5 Å². The van der Waals surface area contributed by atoms with Crippen molar-refractivity contribution in [2.75, 3.05) is 18.9 Å². The fourth-order valence-electron chi connectivity index (χ4n) is 1.70. The highest BCUT2D eigenvalue weighted by atomic mass is 79.9. The molecular weight excluding hydrogens is 400 g/mol. The molecule has 2 rings (SSSR count). The lowest BCUT2D eigenvalue weighted by molar-refractivity contribution is 0.0946. The van der Waals surface area contributed by atoms with E-state index >= 15 is 0 Å². The maximum Gasteiger partial charge on any atom is 0.252 e. The Labute approximate surface area is 139 Å². The summed E-state index contributed by atoms with van der Waals surface area (Å²) in [6.45, 7) is 0.785. The Morgan fingerprint density at radius 2 is 2.00 bits per heavy atom. The molecule has 0 aliphatic carbocycles. The quantitative estimate of drug-likeness (QED) is 0.581. The molecule has 0 saturated carbocycles. The number of benzene rings is 2. The van der Waals surface area contributed by atoms with Gasteiger partial charge in [-0.15, -0.1) is 0 Å². The molecular formula is C15H14Br2N2O2. The van der Waals surface area contributed by atoms with E-state index in [2.05, 4.69) is 37.2 Å². The Kier molecular flexibility index (Phi) is 5.64. The van der Waals surface area contributed by atoms with Crippen LogP contribution in [0.2, 0.25) is 0 Å². The van der Waals surface area contributed by atoms with E-state index in [9.17, 15) is 4.79 Å². The van der Waals surface area contributed by atoms with Gasteiger partial charge in [-0.2, -0.15) is 0 Å². The van der Waals surface area contributed by atoms with Crippen LogP contribution in [-0.2, 0) is 0 Å². The number of hydrogen-bond acceptors (Lipinski definition) is 3. The average molecular weight is 414 g/mol. The van der Waals surface area contributed by atoms with Crippen LogP contribution in [0.15, 0.2) is 51.4 Å². The third kappa shape index (κ3) is 4.75. The van der Waals surface area contributed by atoms with E-state index in [1.165, 1.54) is 0 Å². The number of nitrogens with one attached hydrogen (secondary N) is 1. The summed E-state index contributed by atoms with van der Waals surface area (Å²) in [4.78, 5) is 12.0. The lowest BCUT2D eigenvalue weighted by Crippen LogP contribution is -2.28. The van der Waals surface area contributed by atoms with Gasteiger partial charge >= 0.3 is 0 Å². The second kappa shape index (κ2) is 7.47. The van der Waals surface area contributed by atoms with Crippen LogP contribution in [0, 0.1) is 0 Å². The maximum absolute atomic E-state index is 12.0. The summed E-state index contributed by atoms with van der Waals surface area (Å²) < 4.78 is 7.11. The summed E-state index contributed by atoms with van der Waals surface area (Å²) in [7, 11) is 0. The molecule has 21 heavy (non-hydrogen) atoms. The molecule has 1 amide bonds. The average Bonchev–Trinajstić information content (AvgIpc) is 2.46. The van der Waals surface area contributed by atoms with E-state index in [1.54, 1.807) is 18.2 Å². The van der Waals surface area contributed by atoms with Crippen molar-refractivity contribution in [3.05, 3.63) is 57.0 Å². The molecule has 0 aliphatic heterocycles. The molecule has 0 aliphatic rings. The number of amides is 1. The molecule has 0 saturated heterocycles. The SMILES string of the molecule is Nc1cccc(OCCNC(=O)c2cc(Br)ccc2Br)c1. The normalized spacial score (nSPS) is 10.2. The van der Waals surface area contributed by atoms with Gasteiger partial charge in [0.1, 0.15) is 12.4 Å². The first-order chi connectivity index (χ1) is 10.1.